The molecule has 1 aromatic carbocycles. The van der Waals surface area contributed by atoms with Crippen molar-refractivity contribution in [3.63, 3.8) is 0 Å². The van der Waals surface area contributed by atoms with Gasteiger partial charge in [-0.05, 0) is 56.4 Å². The first-order valence-electron chi connectivity index (χ1n) is 8.36. The summed E-state index contributed by atoms with van der Waals surface area (Å²) in [4.78, 5) is 25.6. The van der Waals surface area contributed by atoms with Crippen LogP contribution in [0.15, 0.2) is 18.2 Å². The molecule has 1 unspecified atom stereocenters. The Morgan fingerprint density at radius 1 is 1.32 bits per heavy atom. The number of hydrogen-bond acceptors (Lipinski definition) is 4. The number of nitrogens with zero attached hydrogens (tertiary/aromatic N) is 2. The number of aryl methyl sites for hydroxylation is 1. The summed E-state index contributed by atoms with van der Waals surface area (Å²) in [5.41, 5.74) is 1.82. The van der Waals surface area contributed by atoms with Crippen molar-refractivity contribution < 1.29 is 23.1 Å². The fourth-order valence-electron chi connectivity index (χ4n) is 3.32. The Labute approximate surface area is 147 Å². The maximum atomic E-state index is 12.9. The maximum absolute atomic E-state index is 12.9. The van der Waals surface area contributed by atoms with Gasteiger partial charge in [-0.3, -0.25) is 9.10 Å². The largest absolute Gasteiger partial charge is 0.480 e. The number of anilines is 1. The molecule has 0 aromatic heterocycles. The van der Waals surface area contributed by atoms with Crippen LogP contribution in [0.25, 0.3) is 0 Å². The first-order chi connectivity index (χ1) is 11.7. The Morgan fingerprint density at radius 3 is 2.56 bits per heavy atom. The van der Waals surface area contributed by atoms with Crippen molar-refractivity contribution in [2.75, 3.05) is 17.1 Å². The molecule has 0 saturated heterocycles. The van der Waals surface area contributed by atoms with Gasteiger partial charge in [0.1, 0.15) is 6.04 Å². The molecule has 0 bridgehead atoms. The smallest absolute Gasteiger partial charge is 0.326 e. The van der Waals surface area contributed by atoms with E-state index in [1.165, 1.54) is 22.4 Å². The summed E-state index contributed by atoms with van der Waals surface area (Å²) in [6.07, 6.45) is 4.19. The quantitative estimate of drug-likeness (QED) is 0.852. The van der Waals surface area contributed by atoms with Gasteiger partial charge < -0.3 is 10.0 Å². The van der Waals surface area contributed by atoms with Gasteiger partial charge in [-0.15, -0.1) is 0 Å². The first-order valence-corrected chi connectivity index (χ1v) is 10.2. The molecule has 1 amide bonds. The van der Waals surface area contributed by atoms with Crippen LogP contribution in [0.5, 0.6) is 0 Å². The highest BCUT2D eigenvalue weighted by Crippen LogP contribution is 2.33. The number of carboxylic acid groups (broad SMARTS) is 1. The number of amides is 1. The Balaban J connectivity index is 1.93. The number of benzene rings is 1. The van der Waals surface area contributed by atoms with Crippen LogP contribution in [0.4, 0.5) is 5.69 Å². The van der Waals surface area contributed by atoms with Crippen molar-refractivity contribution in [2.45, 2.75) is 44.7 Å². The lowest BCUT2D eigenvalue weighted by atomic mass is 10.00. The fraction of sp³-hybridized carbons (Fsp3) is 0.529. The summed E-state index contributed by atoms with van der Waals surface area (Å²) in [5, 5.41) is 9.27. The minimum atomic E-state index is -3.36. The van der Waals surface area contributed by atoms with E-state index < -0.39 is 22.0 Å². The number of carbonyl (C=O) groups is 2. The number of hydrogen-bond donors (Lipinski definition) is 1. The second-order valence-electron chi connectivity index (χ2n) is 6.74. The van der Waals surface area contributed by atoms with Crippen molar-refractivity contribution in [3.05, 3.63) is 29.3 Å². The lowest BCUT2D eigenvalue weighted by molar-refractivity contribution is -0.141. The number of rotatable bonds is 5. The van der Waals surface area contributed by atoms with Gasteiger partial charge in [-0.1, -0.05) is 0 Å². The predicted octanol–water partition coefficient (Wildman–Crippen LogP) is 1.48. The van der Waals surface area contributed by atoms with E-state index in [1.807, 2.05) is 0 Å². The van der Waals surface area contributed by atoms with E-state index >= 15 is 0 Å². The van der Waals surface area contributed by atoms with Crippen LogP contribution in [0.2, 0.25) is 0 Å². The Hall–Kier alpha value is -2.09. The van der Waals surface area contributed by atoms with Crippen LogP contribution in [-0.2, 0) is 21.2 Å². The lowest BCUT2D eigenvalue weighted by Gasteiger charge is -2.30. The summed E-state index contributed by atoms with van der Waals surface area (Å²) in [5.74, 6) is -1.34. The average Bonchev–Trinajstić information content (AvgIpc) is 3.37. The van der Waals surface area contributed by atoms with Crippen molar-refractivity contribution >= 4 is 27.6 Å². The Bertz CT molecular complexity index is 816. The minimum absolute atomic E-state index is 0.0258. The Kier molecular flexibility index (Phi) is 4.49. The maximum Gasteiger partial charge on any atom is 0.326 e. The van der Waals surface area contributed by atoms with Crippen LogP contribution >= 0.6 is 0 Å². The number of fused-ring (bicyclic) bond motifs is 1. The molecule has 1 aliphatic carbocycles. The van der Waals surface area contributed by atoms with Gasteiger partial charge in [0.25, 0.3) is 5.91 Å². The highest BCUT2D eigenvalue weighted by molar-refractivity contribution is 7.92. The van der Waals surface area contributed by atoms with E-state index in [-0.39, 0.29) is 11.9 Å². The van der Waals surface area contributed by atoms with E-state index in [9.17, 15) is 23.1 Å². The van der Waals surface area contributed by atoms with Gasteiger partial charge in [-0.25, -0.2) is 13.2 Å². The molecule has 1 heterocycles. The second-order valence-corrected chi connectivity index (χ2v) is 8.65. The van der Waals surface area contributed by atoms with E-state index in [0.717, 1.165) is 18.4 Å². The molecular weight excluding hydrogens is 344 g/mol. The standard InChI is InChI=1S/C17H22N2O5S/c1-11(17(21)22)19(14-6-7-14)16(20)13-5-8-15-12(10-13)4-3-9-18(15)25(2,23)24/h5,8,10-11,14H,3-4,6-7,9H2,1-2H3,(H,21,22). The molecule has 1 aromatic rings. The molecule has 0 spiro atoms. The van der Waals surface area contributed by atoms with Crippen molar-refractivity contribution in [3.8, 4) is 0 Å². The molecule has 1 N–H and O–H groups in total. The van der Waals surface area contributed by atoms with E-state index in [0.29, 0.717) is 30.6 Å². The highest BCUT2D eigenvalue weighted by atomic mass is 32.2. The molecule has 8 heteroatoms. The third kappa shape index (κ3) is 3.49. The fourth-order valence-corrected chi connectivity index (χ4v) is 4.31. The molecule has 1 atom stereocenters. The monoisotopic (exact) mass is 366 g/mol. The summed E-state index contributed by atoms with van der Waals surface area (Å²) in [7, 11) is -3.36. The number of carboxylic acids is 1. The minimum Gasteiger partial charge on any atom is -0.480 e. The average molecular weight is 366 g/mol. The van der Waals surface area contributed by atoms with Gasteiger partial charge in [-0.2, -0.15) is 0 Å². The zero-order valence-electron chi connectivity index (χ0n) is 14.3. The zero-order chi connectivity index (χ0) is 18.4. The van der Waals surface area contributed by atoms with Crippen LogP contribution in [-0.4, -0.2) is 55.2 Å². The Morgan fingerprint density at radius 2 is 2.00 bits per heavy atom. The molecule has 3 rings (SSSR count). The predicted molar refractivity (Wildman–Crippen MR) is 93.2 cm³/mol. The zero-order valence-corrected chi connectivity index (χ0v) is 15.1. The lowest BCUT2D eigenvalue weighted by Crippen LogP contribution is -2.44. The molecule has 136 valence electrons. The number of sulfonamides is 1. The second kappa shape index (κ2) is 6.33. The number of aliphatic carboxylic acids is 1. The molecular formula is C17H22N2O5S. The van der Waals surface area contributed by atoms with Crippen LogP contribution in [0, 0.1) is 0 Å². The molecule has 25 heavy (non-hydrogen) atoms. The van der Waals surface area contributed by atoms with Crippen LogP contribution in [0.3, 0.4) is 0 Å². The summed E-state index contributed by atoms with van der Waals surface area (Å²) in [6, 6.07) is 4.04. The first kappa shape index (κ1) is 17.7. The van der Waals surface area contributed by atoms with Gasteiger partial charge in [0, 0.05) is 18.2 Å². The topological polar surface area (TPSA) is 95.0 Å². The van der Waals surface area contributed by atoms with Crippen LogP contribution < -0.4 is 4.31 Å². The van der Waals surface area contributed by atoms with Crippen LogP contribution in [0.1, 0.15) is 42.1 Å². The summed E-state index contributed by atoms with van der Waals surface area (Å²) < 4.78 is 25.2. The van der Waals surface area contributed by atoms with E-state index in [1.54, 1.807) is 18.2 Å². The van der Waals surface area contributed by atoms with Crippen molar-refractivity contribution in [2.24, 2.45) is 0 Å². The summed E-state index contributed by atoms with van der Waals surface area (Å²) >= 11 is 0. The molecule has 1 saturated carbocycles. The number of carbonyl (C=O) groups excluding carboxylic acids is 1. The molecule has 0 radical (unpaired) electrons. The molecule has 1 aliphatic heterocycles. The van der Waals surface area contributed by atoms with E-state index in [4.69, 9.17) is 0 Å². The van der Waals surface area contributed by atoms with E-state index in [2.05, 4.69) is 0 Å². The van der Waals surface area contributed by atoms with Gasteiger partial charge in [0.15, 0.2) is 0 Å². The van der Waals surface area contributed by atoms with Crippen molar-refractivity contribution in [1.29, 1.82) is 0 Å². The van der Waals surface area contributed by atoms with Crippen molar-refractivity contribution in [1.82, 2.24) is 4.90 Å². The molecule has 2 aliphatic rings. The molecule has 7 nitrogen and oxygen atoms in total. The third-order valence-electron chi connectivity index (χ3n) is 4.75. The van der Waals surface area contributed by atoms with Gasteiger partial charge >= 0.3 is 5.97 Å². The van der Waals surface area contributed by atoms with Gasteiger partial charge in [0.05, 0.1) is 11.9 Å². The molecule has 1 fully saturated rings. The SMILES string of the molecule is CC(C(=O)O)N(C(=O)c1ccc2c(c1)CCCN2S(C)(=O)=O)C1CC1. The third-order valence-corrected chi connectivity index (χ3v) is 5.93. The normalized spacial score (nSPS) is 18.4. The van der Waals surface area contributed by atoms with Gasteiger partial charge in [0.2, 0.25) is 10.0 Å². The summed E-state index contributed by atoms with van der Waals surface area (Å²) in [6.45, 7) is 1.95. The highest BCUT2D eigenvalue weighted by Gasteiger charge is 2.39.